The first-order chi connectivity index (χ1) is 11.1. The molecule has 0 amide bonds. The van der Waals surface area contributed by atoms with E-state index in [1.54, 1.807) is 4.57 Å². The first-order valence-electron chi connectivity index (χ1n) is 8.04. The minimum atomic E-state index is -0.00690. The van der Waals surface area contributed by atoms with Gasteiger partial charge in [-0.25, -0.2) is 4.98 Å². The summed E-state index contributed by atoms with van der Waals surface area (Å²) >= 11 is 0. The van der Waals surface area contributed by atoms with Crippen LogP contribution in [-0.2, 0) is 0 Å². The highest BCUT2D eigenvalue weighted by Crippen LogP contribution is 2.17. The number of nitrogens with two attached hydrogens (primary N) is 1. The summed E-state index contributed by atoms with van der Waals surface area (Å²) in [6, 6.07) is 15.7. The summed E-state index contributed by atoms with van der Waals surface area (Å²) in [4.78, 5) is 17.9. The molecule has 2 N–H and O–H groups in total. The average Bonchev–Trinajstić information content (AvgIpc) is 2.55. The van der Waals surface area contributed by atoms with E-state index in [0.29, 0.717) is 5.39 Å². The molecule has 4 nitrogen and oxygen atoms in total. The van der Waals surface area contributed by atoms with E-state index >= 15 is 0 Å². The number of aromatic nitrogens is 2. The molecule has 4 heteroatoms. The molecule has 23 heavy (non-hydrogen) atoms. The number of benzene rings is 2. The van der Waals surface area contributed by atoms with Crippen molar-refractivity contribution >= 4 is 10.9 Å². The fourth-order valence-corrected chi connectivity index (χ4v) is 2.93. The van der Waals surface area contributed by atoms with Gasteiger partial charge in [0.05, 0.1) is 23.1 Å². The van der Waals surface area contributed by atoms with Crippen molar-refractivity contribution in [3.63, 3.8) is 0 Å². The quantitative estimate of drug-likeness (QED) is 0.804. The number of hydrogen-bond donors (Lipinski definition) is 1. The van der Waals surface area contributed by atoms with E-state index in [1.807, 2.05) is 55.5 Å². The van der Waals surface area contributed by atoms with Crippen molar-refractivity contribution in [2.24, 2.45) is 0 Å². The van der Waals surface area contributed by atoms with Crippen molar-refractivity contribution in [2.45, 2.75) is 26.8 Å². The van der Waals surface area contributed by atoms with Crippen LogP contribution in [0.4, 0.5) is 0 Å². The second kappa shape index (κ2) is 6.34. The molecule has 0 radical (unpaired) electrons. The van der Waals surface area contributed by atoms with Crippen molar-refractivity contribution < 1.29 is 5.32 Å². The van der Waals surface area contributed by atoms with Gasteiger partial charge in [0.2, 0.25) is 0 Å². The lowest BCUT2D eigenvalue weighted by Crippen LogP contribution is -2.84. The Kier molecular flexibility index (Phi) is 4.26. The van der Waals surface area contributed by atoms with Gasteiger partial charge in [-0.15, -0.1) is 0 Å². The molecule has 3 rings (SSSR count). The number of fused-ring (bicyclic) bond motifs is 1. The van der Waals surface area contributed by atoms with Crippen LogP contribution in [0.1, 0.15) is 31.3 Å². The Morgan fingerprint density at radius 1 is 1.17 bits per heavy atom. The molecule has 0 saturated carbocycles. The van der Waals surface area contributed by atoms with Gasteiger partial charge < -0.3 is 5.32 Å². The second-order valence-electron chi connectivity index (χ2n) is 5.90. The molecule has 0 saturated heterocycles. The smallest absolute Gasteiger partial charge is 0.266 e. The molecule has 118 valence electrons. The van der Waals surface area contributed by atoms with Crippen LogP contribution in [0, 0.1) is 6.92 Å². The Morgan fingerprint density at radius 3 is 2.70 bits per heavy atom. The molecule has 0 aliphatic rings. The lowest BCUT2D eigenvalue weighted by Gasteiger charge is -2.17. The van der Waals surface area contributed by atoms with Gasteiger partial charge in [-0.05, 0) is 50.6 Å². The highest BCUT2D eigenvalue weighted by molar-refractivity contribution is 5.77. The highest BCUT2D eigenvalue weighted by atomic mass is 16.1. The van der Waals surface area contributed by atoms with Crippen molar-refractivity contribution in [3.8, 4) is 5.69 Å². The van der Waals surface area contributed by atoms with Crippen LogP contribution in [-0.4, -0.2) is 16.1 Å². The third-order valence-corrected chi connectivity index (χ3v) is 4.06. The Bertz CT molecular complexity index is 899. The summed E-state index contributed by atoms with van der Waals surface area (Å²) in [5.41, 5.74) is 2.75. The normalized spacial score (nSPS) is 12.5. The predicted octanol–water partition coefficient (Wildman–Crippen LogP) is 2.34. The standard InChI is InChI=1S/C19H21N3O/c1-4-20-14(3)18-21-17-11-6-5-10-16(17)19(23)22(18)15-9-7-8-13(2)12-15/h5-12,14,20H,4H2,1-3H3/p+1/t14-/m0/s1. The molecule has 1 atom stereocenters. The first-order valence-corrected chi connectivity index (χ1v) is 8.04. The van der Waals surface area contributed by atoms with Crippen LogP contribution in [0.2, 0.25) is 0 Å². The summed E-state index contributed by atoms with van der Waals surface area (Å²) in [5, 5.41) is 2.84. The van der Waals surface area contributed by atoms with Gasteiger partial charge >= 0.3 is 0 Å². The zero-order valence-corrected chi connectivity index (χ0v) is 13.8. The summed E-state index contributed by atoms with van der Waals surface area (Å²) in [6.45, 7) is 7.17. The average molecular weight is 308 g/mol. The Balaban J connectivity index is 2.34. The lowest BCUT2D eigenvalue weighted by atomic mass is 10.1. The van der Waals surface area contributed by atoms with E-state index in [9.17, 15) is 4.79 Å². The summed E-state index contributed by atoms with van der Waals surface area (Å²) in [7, 11) is 0. The van der Waals surface area contributed by atoms with E-state index < -0.39 is 0 Å². The summed E-state index contributed by atoms with van der Waals surface area (Å²) in [6.07, 6.45) is 0. The van der Waals surface area contributed by atoms with Crippen molar-refractivity contribution in [2.75, 3.05) is 6.54 Å². The number of rotatable bonds is 4. The van der Waals surface area contributed by atoms with E-state index in [1.165, 1.54) is 0 Å². The summed E-state index contributed by atoms with van der Waals surface area (Å²) < 4.78 is 1.76. The van der Waals surface area contributed by atoms with Crippen molar-refractivity contribution in [3.05, 3.63) is 70.3 Å². The van der Waals surface area contributed by atoms with Crippen LogP contribution in [0.3, 0.4) is 0 Å². The highest BCUT2D eigenvalue weighted by Gasteiger charge is 2.19. The Morgan fingerprint density at radius 2 is 1.96 bits per heavy atom. The van der Waals surface area contributed by atoms with E-state index in [-0.39, 0.29) is 11.6 Å². The van der Waals surface area contributed by atoms with Gasteiger partial charge in [0.15, 0.2) is 5.82 Å². The zero-order valence-electron chi connectivity index (χ0n) is 13.8. The molecule has 2 aromatic carbocycles. The van der Waals surface area contributed by atoms with E-state index in [0.717, 1.165) is 29.1 Å². The van der Waals surface area contributed by atoms with Crippen LogP contribution >= 0.6 is 0 Å². The topological polar surface area (TPSA) is 51.5 Å². The fourth-order valence-electron chi connectivity index (χ4n) is 2.93. The third kappa shape index (κ3) is 2.90. The molecule has 1 heterocycles. The molecule has 0 spiro atoms. The van der Waals surface area contributed by atoms with Crippen LogP contribution in [0.5, 0.6) is 0 Å². The van der Waals surface area contributed by atoms with Gasteiger partial charge in [0, 0.05) is 0 Å². The van der Waals surface area contributed by atoms with Gasteiger partial charge in [0.25, 0.3) is 5.56 Å². The molecule has 0 unspecified atom stereocenters. The zero-order chi connectivity index (χ0) is 16.4. The first kappa shape index (κ1) is 15.4. The number of hydrogen-bond acceptors (Lipinski definition) is 2. The van der Waals surface area contributed by atoms with E-state index in [4.69, 9.17) is 4.98 Å². The number of para-hydroxylation sites is 1. The molecular formula is C19H22N3O+. The van der Waals surface area contributed by atoms with Gasteiger partial charge in [-0.3, -0.25) is 9.36 Å². The number of nitrogens with zero attached hydrogens (tertiary/aromatic N) is 2. The Hall–Kier alpha value is -2.46. The van der Waals surface area contributed by atoms with E-state index in [2.05, 4.69) is 19.2 Å². The minimum Gasteiger partial charge on any atom is -0.338 e. The van der Waals surface area contributed by atoms with Gasteiger partial charge in [-0.2, -0.15) is 0 Å². The monoisotopic (exact) mass is 308 g/mol. The van der Waals surface area contributed by atoms with Crippen molar-refractivity contribution in [1.82, 2.24) is 9.55 Å². The number of quaternary nitrogens is 1. The van der Waals surface area contributed by atoms with Gasteiger partial charge in [-0.1, -0.05) is 24.3 Å². The minimum absolute atomic E-state index is 0.00690. The molecule has 0 bridgehead atoms. The maximum Gasteiger partial charge on any atom is 0.266 e. The largest absolute Gasteiger partial charge is 0.338 e. The van der Waals surface area contributed by atoms with Gasteiger partial charge in [0.1, 0.15) is 6.04 Å². The predicted molar refractivity (Wildman–Crippen MR) is 93.0 cm³/mol. The molecule has 0 aliphatic carbocycles. The van der Waals surface area contributed by atoms with Crippen LogP contribution in [0.25, 0.3) is 16.6 Å². The Labute approximate surface area is 135 Å². The molecule has 0 fully saturated rings. The second-order valence-corrected chi connectivity index (χ2v) is 5.90. The van der Waals surface area contributed by atoms with Crippen LogP contribution in [0.15, 0.2) is 53.3 Å². The molecular weight excluding hydrogens is 286 g/mol. The molecule has 3 aromatic rings. The van der Waals surface area contributed by atoms with Crippen molar-refractivity contribution in [1.29, 1.82) is 0 Å². The maximum absolute atomic E-state index is 13.1. The van der Waals surface area contributed by atoms with Crippen LogP contribution < -0.4 is 10.9 Å². The molecule has 0 aliphatic heterocycles. The SMILES string of the molecule is CC[NH2+][C@@H](C)c1nc2ccccc2c(=O)n1-c1cccc(C)c1. The number of aryl methyl sites for hydroxylation is 1. The maximum atomic E-state index is 13.1. The summed E-state index contributed by atoms with van der Waals surface area (Å²) in [5.74, 6) is 0.793. The lowest BCUT2D eigenvalue weighted by molar-refractivity contribution is -0.691. The third-order valence-electron chi connectivity index (χ3n) is 4.06. The fraction of sp³-hybridized carbons (Fsp3) is 0.263. The molecule has 1 aromatic heterocycles.